The number of amidine groups is 1. The lowest BCUT2D eigenvalue weighted by molar-refractivity contribution is -0.122. The molecule has 1 aromatic carbocycles. The first kappa shape index (κ1) is 16.0. The Bertz CT molecular complexity index is 796. The van der Waals surface area contributed by atoms with Gasteiger partial charge in [0, 0.05) is 35.6 Å². The van der Waals surface area contributed by atoms with Crippen LogP contribution in [0.1, 0.15) is 31.1 Å². The second-order valence-electron chi connectivity index (χ2n) is 6.76. The number of anilines is 1. The van der Waals surface area contributed by atoms with E-state index in [1.807, 2.05) is 25.7 Å². The Balaban J connectivity index is 2.04. The molecule has 6 nitrogen and oxygen atoms in total. The zero-order chi connectivity index (χ0) is 17.5. The second kappa shape index (κ2) is 5.63. The number of fused-ring (bicyclic) bond motifs is 1. The Labute approximate surface area is 140 Å². The molecule has 2 aliphatic heterocycles. The van der Waals surface area contributed by atoms with Crippen molar-refractivity contribution in [1.82, 2.24) is 5.32 Å². The number of carboxylic acids is 1. The van der Waals surface area contributed by atoms with E-state index < -0.39 is 11.4 Å². The van der Waals surface area contributed by atoms with Crippen molar-refractivity contribution in [2.24, 2.45) is 10.4 Å². The van der Waals surface area contributed by atoms with E-state index in [9.17, 15) is 9.59 Å². The van der Waals surface area contributed by atoms with E-state index in [2.05, 4.69) is 10.3 Å². The average molecular weight is 325 g/mol. The number of carboxylic acid groups (broad SMARTS) is 1. The number of ketones is 1. The van der Waals surface area contributed by atoms with Gasteiger partial charge in [-0.05, 0) is 24.3 Å². The van der Waals surface area contributed by atoms with Crippen LogP contribution in [0.5, 0.6) is 0 Å². The molecule has 0 aliphatic carbocycles. The summed E-state index contributed by atoms with van der Waals surface area (Å²) < 4.78 is 0. The third kappa shape index (κ3) is 2.71. The van der Waals surface area contributed by atoms with Gasteiger partial charge in [-0.15, -0.1) is 0 Å². The number of aliphatic imine (C=N–C) groups is 1. The molecule has 124 valence electrons. The molecule has 0 saturated carbocycles. The highest BCUT2D eigenvalue weighted by molar-refractivity contribution is 6.15. The quantitative estimate of drug-likeness (QED) is 0.892. The smallest absolute Gasteiger partial charge is 0.335 e. The topological polar surface area (TPSA) is 82.0 Å². The van der Waals surface area contributed by atoms with Crippen LogP contribution in [0.2, 0.25) is 0 Å². The Kier molecular flexibility index (Phi) is 3.75. The number of rotatable bonds is 3. The predicted molar refractivity (Wildman–Crippen MR) is 91.9 cm³/mol. The highest BCUT2D eigenvalue weighted by atomic mass is 16.4. The van der Waals surface area contributed by atoms with Gasteiger partial charge >= 0.3 is 5.97 Å². The molecule has 1 aromatic rings. The molecule has 2 N–H and O–H groups in total. The van der Waals surface area contributed by atoms with E-state index in [-0.39, 0.29) is 11.3 Å². The zero-order valence-corrected chi connectivity index (χ0v) is 13.8. The fraction of sp³-hybridized carbons (Fsp3) is 0.278. The van der Waals surface area contributed by atoms with E-state index >= 15 is 0 Å². The number of hydrogen-bond acceptors (Lipinski definition) is 5. The van der Waals surface area contributed by atoms with Crippen molar-refractivity contribution in [3.05, 3.63) is 53.5 Å². The van der Waals surface area contributed by atoms with Crippen LogP contribution in [0.25, 0.3) is 0 Å². The van der Waals surface area contributed by atoms with Crippen LogP contribution < -0.4 is 10.2 Å². The van der Waals surface area contributed by atoms with Gasteiger partial charge in [-0.2, -0.15) is 0 Å². The first-order chi connectivity index (χ1) is 11.3. The number of benzene rings is 1. The lowest BCUT2D eigenvalue weighted by Crippen LogP contribution is -2.29. The van der Waals surface area contributed by atoms with E-state index in [1.54, 1.807) is 36.7 Å². The second-order valence-corrected chi connectivity index (χ2v) is 6.76. The molecule has 24 heavy (non-hydrogen) atoms. The lowest BCUT2D eigenvalue weighted by atomic mass is 9.86. The van der Waals surface area contributed by atoms with Gasteiger partial charge in [0.25, 0.3) is 0 Å². The SMILES string of the molecule is CC(C)(C)C(=O)C1=C2C(=NC=CN2c2ccc(C(=O)O)cc2)NC1. The molecule has 0 spiro atoms. The molecule has 0 fully saturated rings. The summed E-state index contributed by atoms with van der Waals surface area (Å²) in [5.74, 6) is -0.242. The van der Waals surface area contributed by atoms with Crippen LogP contribution in [0.4, 0.5) is 5.69 Å². The van der Waals surface area contributed by atoms with Crippen LogP contribution in [-0.2, 0) is 4.79 Å². The van der Waals surface area contributed by atoms with Gasteiger partial charge in [-0.1, -0.05) is 20.8 Å². The minimum absolute atomic E-state index is 0.0673. The average Bonchev–Trinajstić information content (AvgIpc) is 2.97. The van der Waals surface area contributed by atoms with Gasteiger partial charge in [0.1, 0.15) is 0 Å². The summed E-state index contributed by atoms with van der Waals surface area (Å²) in [4.78, 5) is 29.9. The van der Waals surface area contributed by atoms with Crippen LogP contribution in [0.3, 0.4) is 0 Å². The van der Waals surface area contributed by atoms with Gasteiger partial charge in [0.15, 0.2) is 11.6 Å². The molecule has 0 atom stereocenters. The van der Waals surface area contributed by atoms with Gasteiger partial charge in [-0.25, -0.2) is 9.79 Å². The third-order valence-corrected chi connectivity index (χ3v) is 3.95. The minimum atomic E-state index is -0.969. The van der Waals surface area contributed by atoms with E-state index in [0.29, 0.717) is 18.0 Å². The molecule has 0 radical (unpaired) electrons. The fourth-order valence-corrected chi connectivity index (χ4v) is 2.72. The zero-order valence-electron chi connectivity index (χ0n) is 13.8. The summed E-state index contributed by atoms with van der Waals surface area (Å²) in [5, 5.41) is 12.2. The molecule has 0 bridgehead atoms. The van der Waals surface area contributed by atoms with Gasteiger partial charge < -0.3 is 15.3 Å². The van der Waals surface area contributed by atoms with E-state index in [4.69, 9.17) is 5.11 Å². The number of Topliss-reactive ketones (excluding diaryl/α,β-unsaturated/α-hetero) is 1. The van der Waals surface area contributed by atoms with Crippen LogP contribution in [-0.4, -0.2) is 29.2 Å². The van der Waals surface area contributed by atoms with Crippen molar-refractivity contribution >= 4 is 23.3 Å². The summed E-state index contributed by atoms with van der Waals surface area (Å²) in [6.07, 6.45) is 3.43. The molecule has 2 aliphatic rings. The van der Waals surface area contributed by atoms with E-state index in [0.717, 1.165) is 11.4 Å². The molecule has 0 unspecified atom stereocenters. The molecule has 3 rings (SSSR count). The summed E-state index contributed by atoms with van der Waals surface area (Å²) in [5.41, 5.74) is 1.94. The number of hydrogen-bond donors (Lipinski definition) is 2. The van der Waals surface area contributed by atoms with Crippen molar-refractivity contribution in [3.8, 4) is 0 Å². The number of nitrogens with one attached hydrogen (secondary N) is 1. The normalized spacial score (nSPS) is 16.6. The summed E-state index contributed by atoms with van der Waals surface area (Å²) in [6.45, 7) is 6.11. The summed E-state index contributed by atoms with van der Waals surface area (Å²) in [7, 11) is 0. The molecule has 2 heterocycles. The Morgan fingerprint density at radius 2 is 1.88 bits per heavy atom. The van der Waals surface area contributed by atoms with Crippen LogP contribution in [0.15, 0.2) is 52.9 Å². The maximum Gasteiger partial charge on any atom is 0.335 e. The predicted octanol–water partition coefficient (Wildman–Crippen LogP) is 2.55. The minimum Gasteiger partial charge on any atom is -0.478 e. The highest BCUT2D eigenvalue weighted by Crippen LogP contribution is 2.31. The number of aromatic carboxylic acids is 1. The molecule has 0 saturated heterocycles. The maximum absolute atomic E-state index is 12.8. The third-order valence-electron chi connectivity index (χ3n) is 3.95. The Morgan fingerprint density at radius 1 is 1.21 bits per heavy atom. The standard InChI is InChI=1S/C18H19N3O3/c1-18(2,3)15(22)13-10-20-16-14(13)21(9-8-19-16)12-6-4-11(5-7-12)17(23)24/h4-9H,10H2,1-3H3,(H,19,20)(H,23,24). The van der Waals surface area contributed by atoms with E-state index in [1.165, 1.54) is 0 Å². The van der Waals surface area contributed by atoms with Gasteiger partial charge in [0.05, 0.1) is 11.3 Å². The number of nitrogens with zero attached hydrogens (tertiary/aromatic N) is 2. The summed E-state index contributed by atoms with van der Waals surface area (Å²) >= 11 is 0. The van der Waals surface area contributed by atoms with Crippen molar-refractivity contribution in [2.75, 3.05) is 11.4 Å². The van der Waals surface area contributed by atoms with Gasteiger partial charge in [0.2, 0.25) is 0 Å². The molecule has 0 aromatic heterocycles. The van der Waals surface area contributed by atoms with Gasteiger partial charge in [-0.3, -0.25) is 4.79 Å². The molecule has 0 amide bonds. The van der Waals surface area contributed by atoms with Crippen molar-refractivity contribution < 1.29 is 14.7 Å². The fourth-order valence-electron chi connectivity index (χ4n) is 2.72. The van der Waals surface area contributed by atoms with Crippen LogP contribution in [0, 0.1) is 5.41 Å². The first-order valence-electron chi connectivity index (χ1n) is 7.68. The summed E-state index contributed by atoms with van der Waals surface area (Å²) in [6, 6.07) is 6.54. The molecular formula is C18H19N3O3. The Hall–Kier alpha value is -2.89. The molecule has 6 heteroatoms. The Morgan fingerprint density at radius 3 is 2.46 bits per heavy atom. The number of carbonyl (C=O) groups is 2. The monoisotopic (exact) mass is 325 g/mol. The van der Waals surface area contributed by atoms with Crippen molar-refractivity contribution in [2.45, 2.75) is 20.8 Å². The van der Waals surface area contributed by atoms with Crippen molar-refractivity contribution in [3.63, 3.8) is 0 Å². The van der Waals surface area contributed by atoms with Crippen LogP contribution >= 0.6 is 0 Å². The van der Waals surface area contributed by atoms with Crippen molar-refractivity contribution in [1.29, 1.82) is 0 Å². The largest absolute Gasteiger partial charge is 0.478 e. The highest BCUT2D eigenvalue weighted by Gasteiger charge is 2.35. The number of carbonyl (C=O) groups excluding carboxylic acids is 1. The maximum atomic E-state index is 12.8. The first-order valence-corrected chi connectivity index (χ1v) is 7.68. The molecular weight excluding hydrogens is 306 g/mol. The lowest BCUT2D eigenvalue weighted by Gasteiger charge is -2.26.